The van der Waals surface area contributed by atoms with Crippen molar-refractivity contribution in [1.82, 2.24) is 15.6 Å². The lowest BCUT2D eigenvalue weighted by Crippen LogP contribution is -2.37. The molecule has 0 spiro atoms. The fourth-order valence-electron chi connectivity index (χ4n) is 3.76. The van der Waals surface area contributed by atoms with E-state index >= 15 is 0 Å². The molecule has 2 heterocycles. The van der Waals surface area contributed by atoms with Crippen LogP contribution in [-0.4, -0.2) is 40.5 Å². The van der Waals surface area contributed by atoms with Gasteiger partial charge in [-0.2, -0.15) is 0 Å². The first kappa shape index (κ1) is 26.4. The number of nitrogens with zero attached hydrogens (tertiary/aromatic N) is 1. The molecule has 35 heavy (non-hydrogen) atoms. The highest BCUT2D eigenvalue weighted by Gasteiger charge is 2.31. The van der Waals surface area contributed by atoms with E-state index in [1.807, 2.05) is 20.8 Å². The highest BCUT2D eigenvalue weighted by molar-refractivity contribution is 6.08. The maximum absolute atomic E-state index is 14.6. The smallest absolute Gasteiger partial charge is 0.197 e. The van der Waals surface area contributed by atoms with Gasteiger partial charge in [0.05, 0.1) is 0 Å². The molecule has 1 saturated heterocycles. The topological polar surface area (TPSA) is 127 Å². The van der Waals surface area contributed by atoms with E-state index in [-0.39, 0.29) is 23.2 Å². The van der Waals surface area contributed by atoms with Gasteiger partial charge < -0.3 is 32.0 Å². The molecule has 0 amide bonds. The van der Waals surface area contributed by atoms with Crippen molar-refractivity contribution in [1.29, 1.82) is 5.41 Å². The Morgan fingerprint density at radius 2 is 2.00 bits per heavy atom. The summed E-state index contributed by atoms with van der Waals surface area (Å²) >= 11 is 0. The van der Waals surface area contributed by atoms with E-state index in [0.29, 0.717) is 28.3 Å². The van der Waals surface area contributed by atoms with Crippen LogP contribution in [0.3, 0.4) is 0 Å². The summed E-state index contributed by atoms with van der Waals surface area (Å²) in [7, 11) is 0. The minimum Gasteiger partial charge on any atom is -0.388 e. The number of benzene rings is 1. The molecule has 1 fully saturated rings. The highest BCUT2D eigenvalue weighted by atomic mass is 19.1. The number of anilines is 1. The van der Waals surface area contributed by atoms with Gasteiger partial charge in [0.25, 0.3) is 0 Å². The minimum atomic E-state index is -2.54. The Morgan fingerprint density at radius 3 is 2.66 bits per heavy atom. The molecule has 8 heteroatoms. The second kappa shape index (κ2) is 11.0. The molecular weight excluding hydrogens is 445 g/mol. The third kappa shape index (κ3) is 7.36. The molecule has 7 N–H and O–H groups in total. The molecule has 1 aliphatic rings. The molecule has 0 unspecified atom stereocenters. The van der Waals surface area contributed by atoms with Crippen molar-refractivity contribution < 1.29 is 14.6 Å². The summed E-state index contributed by atoms with van der Waals surface area (Å²) in [4.78, 5) is 4.17. The summed E-state index contributed by atoms with van der Waals surface area (Å²) < 4.78 is 14.6. The third-order valence-electron chi connectivity index (χ3n) is 5.72. The standard InChI is InChI=1S/C27H34FN5O2/c1-26(2,3)9-6-18-4-5-24(28)23(12-18)27(34,35)14-19-13-20(16-33-25(19)30)21(15-29)17-32-22-7-10-31-11-8-22/h4-5,12-13,15-17,22,29,31-32,34-35H,7-8,10-11,14H2,1-3H3,(H2,30,33)/b21-17+,29-15?. The van der Waals surface area contributed by atoms with E-state index in [1.54, 1.807) is 12.3 Å². The van der Waals surface area contributed by atoms with Crippen molar-refractivity contribution in [2.75, 3.05) is 18.8 Å². The lowest BCUT2D eigenvalue weighted by Gasteiger charge is -2.24. The van der Waals surface area contributed by atoms with E-state index in [1.165, 1.54) is 30.6 Å². The van der Waals surface area contributed by atoms with Crippen LogP contribution in [0.5, 0.6) is 0 Å². The van der Waals surface area contributed by atoms with Gasteiger partial charge in [0.1, 0.15) is 11.6 Å². The predicted octanol–water partition coefficient (Wildman–Crippen LogP) is 2.91. The number of nitrogen functional groups attached to an aromatic ring is 1. The normalized spacial score (nSPS) is 15.3. The first-order valence-electron chi connectivity index (χ1n) is 11.7. The number of nitrogens with one attached hydrogen (secondary N) is 3. The monoisotopic (exact) mass is 479 g/mol. The lowest BCUT2D eigenvalue weighted by atomic mass is 9.94. The van der Waals surface area contributed by atoms with Gasteiger partial charge in [0.2, 0.25) is 0 Å². The van der Waals surface area contributed by atoms with Crippen LogP contribution >= 0.6 is 0 Å². The predicted molar refractivity (Wildman–Crippen MR) is 137 cm³/mol. The van der Waals surface area contributed by atoms with Gasteiger partial charge in [0.15, 0.2) is 5.79 Å². The van der Waals surface area contributed by atoms with Crippen LogP contribution in [0.4, 0.5) is 10.2 Å². The molecule has 0 saturated carbocycles. The van der Waals surface area contributed by atoms with E-state index in [2.05, 4.69) is 27.5 Å². The number of allylic oxidation sites excluding steroid dienone is 1. The molecule has 3 rings (SSSR count). The van der Waals surface area contributed by atoms with Gasteiger partial charge >= 0.3 is 0 Å². The van der Waals surface area contributed by atoms with Gasteiger partial charge in [-0.15, -0.1) is 0 Å². The van der Waals surface area contributed by atoms with E-state index < -0.39 is 11.6 Å². The Balaban J connectivity index is 1.87. The molecule has 1 aliphatic heterocycles. The number of halogens is 1. The average molecular weight is 480 g/mol. The zero-order chi connectivity index (χ0) is 25.6. The molecule has 186 valence electrons. The first-order valence-corrected chi connectivity index (χ1v) is 11.7. The molecule has 0 aliphatic carbocycles. The summed E-state index contributed by atoms with van der Waals surface area (Å²) in [5, 5.41) is 36.2. The van der Waals surface area contributed by atoms with Gasteiger partial charge in [-0.05, 0) is 71.0 Å². The van der Waals surface area contributed by atoms with Crippen molar-refractivity contribution in [3.05, 3.63) is 64.7 Å². The van der Waals surface area contributed by atoms with Crippen molar-refractivity contribution in [3.63, 3.8) is 0 Å². The maximum atomic E-state index is 14.6. The molecule has 7 nitrogen and oxygen atoms in total. The lowest BCUT2D eigenvalue weighted by molar-refractivity contribution is -0.170. The summed E-state index contributed by atoms with van der Waals surface area (Å²) in [6.45, 7) is 7.73. The van der Waals surface area contributed by atoms with Gasteiger partial charge in [0, 0.05) is 64.3 Å². The average Bonchev–Trinajstić information content (AvgIpc) is 2.80. The van der Waals surface area contributed by atoms with Crippen LogP contribution in [0.1, 0.15) is 55.9 Å². The summed E-state index contributed by atoms with van der Waals surface area (Å²) in [6, 6.07) is 5.97. The number of hydrogen-bond donors (Lipinski definition) is 6. The summed E-state index contributed by atoms with van der Waals surface area (Å²) in [6.07, 6.45) is 6.07. The number of hydrogen-bond acceptors (Lipinski definition) is 7. The molecule has 1 aromatic carbocycles. The zero-order valence-electron chi connectivity index (χ0n) is 20.5. The van der Waals surface area contributed by atoms with Crippen LogP contribution < -0.4 is 16.4 Å². The number of aromatic nitrogens is 1. The Morgan fingerprint density at radius 1 is 1.29 bits per heavy atom. The fourth-order valence-corrected chi connectivity index (χ4v) is 3.76. The van der Waals surface area contributed by atoms with E-state index in [4.69, 9.17) is 11.1 Å². The summed E-state index contributed by atoms with van der Waals surface area (Å²) in [5.74, 6) is 2.80. The van der Waals surface area contributed by atoms with Crippen molar-refractivity contribution >= 4 is 17.6 Å². The second-order valence-corrected chi connectivity index (χ2v) is 9.89. The van der Waals surface area contributed by atoms with Gasteiger partial charge in [-0.3, -0.25) is 0 Å². The molecule has 2 aromatic rings. The molecule has 0 bridgehead atoms. The van der Waals surface area contributed by atoms with Crippen LogP contribution in [0, 0.1) is 28.5 Å². The van der Waals surface area contributed by atoms with Crippen molar-refractivity contribution in [2.24, 2.45) is 5.41 Å². The van der Waals surface area contributed by atoms with Crippen LogP contribution in [-0.2, 0) is 12.2 Å². The highest BCUT2D eigenvalue weighted by Crippen LogP contribution is 2.29. The Bertz CT molecular complexity index is 1150. The number of pyridine rings is 1. The largest absolute Gasteiger partial charge is 0.388 e. The SMILES string of the molecule is CC(C)(C)C#Cc1ccc(F)c(C(O)(O)Cc2cc(/C(C=N)=C/NC3CCNCC3)cnc2N)c1. The Hall–Kier alpha value is -3.25. The van der Waals surface area contributed by atoms with Crippen LogP contribution in [0.2, 0.25) is 0 Å². The van der Waals surface area contributed by atoms with Gasteiger partial charge in [-0.25, -0.2) is 9.37 Å². The minimum absolute atomic E-state index is 0.0981. The molecule has 1 aromatic heterocycles. The fraction of sp³-hybridized carbons (Fsp3) is 0.407. The van der Waals surface area contributed by atoms with Gasteiger partial charge in [-0.1, -0.05) is 11.8 Å². The summed E-state index contributed by atoms with van der Waals surface area (Å²) in [5.41, 5.74) is 7.44. The number of nitrogens with two attached hydrogens (primary N) is 1. The third-order valence-corrected chi connectivity index (χ3v) is 5.72. The molecular formula is C27H34FN5O2. The molecule has 0 radical (unpaired) electrons. The van der Waals surface area contributed by atoms with Crippen molar-refractivity contribution in [2.45, 2.75) is 51.9 Å². The Kier molecular flexibility index (Phi) is 8.28. The number of rotatable bonds is 7. The zero-order valence-corrected chi connectivity index (χ0v) is 20.5. The maximum Gasteiger partial charge on any atom is 0.197 e. The number of aliphatic hydroxyl groups is 2. The van der Waals surface area contributed by atoms with Crippen LogP contribution in [0.15, 0.2) is 36.7 Å². The van der Waals surface area contributed by atoms with Crippen molar-refractivity contribution in [3.8, 4) is 11.8 Å². The second-order valence-electron chi connectivity index (χ2n) is 9.89. The van der Waals surface area contributed by atoms with E-state index in [9.17, 15) is 14.6 Å². The molecule has 0 atom stereocenters. The van der Waals surface area contributed by atoms with E-state index in [0.717, 1.165) is 25.9 Å². The first-order chi connectivity index (χ1) is 16.5. The Labute approximate surface area is 206 Å². The van der Waals surface area contributed by atoms with Crippen LogP contribution in [0.25, 0.3) is 5.57 Å². The number of piperidine rings is 1. The quantitative estimate of drug-likeness (QED) is 0.206.